The van der Waals surface area contributed by atoms with Gasteiger partial charge in [0.05, 0.1) is 12.7 Å². The van der Waals surface area contributed by atoms with Gasteiger partial charge in [0.2, 0.25) is 0 Å². The Morgan fingerprint density at radius 2 is 2.20 bits per heavy atom. The molecule has 0 radical (unpaired) electrons. The molecule has 1 atom stereocenters. The van der Waals surface area contributed by atoms with Gasteiger partial charge < -0.3 is 14.9 Å². The summed E-state index contributed by atoms with van der Waals surface area (Å²) < 4.78 is 6.38. The average Bonchev–Trinajstić information content (AvgIpc) is 2.18. The highest BCUT2D eigenvalue weighted by molar-refractivity contribution is 9.10. The molecule has 2 N–H and O–H groups in total. The van der Waals surface area contributed by atoms with Crippen molar-refractivity contribution in [3.05, 3.63) is 28.2 Å². The zero-order chi connectivity index (χ0) is 11.3. The third-order valence-electron chi connectivity index (χ3n) is 1.99. The van der Waals surface area contributed by atoms with E-state index in [2.05, 4.69) is 15.9 Å². The van der Waals surface area contributed by atoms with Gasteiger partial charge in [0.15, 0.2) is 0 Å². The molecule has 0 saturated heterocycles. The number of rotatable bonds is 5. The Balaban J connectivity index is 2.77. The number of benzene rings is 1. The second-order valence-electron chi connectivity index (χ2n) is 3.28. The topological polar surface area (TPSA) is 49.7 Å². The summed E-state index contributed by atoms with van der Waals surface area (Å²) in [5.74, 6) is 0.660. The van der Waals surface area contributed by atoms with Crippen molar-refractivity contribution in [2.45, 2.75) is 19.4 Å². The van der Waals surface area contributed by atoms with Crippen molar-refractivity contribution in [1.82, 2.24) is 0 Å². The summed E-state index contributed by atoms with van der Waals surface area (Å²) in [5.41, 5.74) is 0.760. The van der Waals surface area contributed by atoms with Gasteiger partial charge in [-0.2, -0.15) is 0 Å². The van der Waals surface area contributed by atoms with E-state index in [1.807, 2.05) is 18.2 Å². The molecule has 4 heteroatoms. The van der Waals surface area contributed by atoms with Crippen LogP contribution in [0, 0.1) is 0 Å². The molecule has 0 aliphatic rings. The predicted octanol–water partition coefficient (Wildman–Crippen LogP) is 2.26. The molecule has 0 heterocycles. The molecule has 84 valence electrons. The van der Waals surface area contributed by atoms with E-state index in [-0.39, 0.29) is 6.61 Å². The monoisotopic (exact) mass is 274 g/mol. The van der Waals surface area contributed by atoms with Crippen molar-refractivity contribution in [2.24, 2.45) is 0 Å². The van der Waals surface area contributed by atoms with Gasteiger partial charge in [0.25, 0.3) is 0 Å². The fourth-order valence-corrected chi connectivity index (χ4v) is 1.57. The minimum absolute atomic E-state index is 0.109. The normalized spacial score (nSPS) is 12.5. The summed E-state index contributed by atoms with van der Waals surface area (Å²) in [7, 11) is 0. The SMILES string of the molecule is CC(O)c1ccc(Br)cc1OCCCO. The Kier molecular flexibility index (Phi) is 5.08. The van der Waals surface area contributed by atoms with Crippen LogP contribution in [0.2, 0.25) is 0 Å². The Hall–Kier alpha value is -0.580. The molecule has 0 saturated carbocycles. The van der Waals surface area contributed by atoms with Crippen LogP contribution in [-0.4, -0.2) is 23.4 Å². The standard InChI is InChI=1S/C11H15BrO3/c1-8(14)10-4-3-9(12)7-11(10)15-6-2-5-13/h3-4,7-8,13-14H,2,5-6H2,1H3. The van der Waals surface area contributed by atoms with Crippen molar-refractivity contribution >= 4 is 15.9 Å². The zero-order valence-electron chi connectivity index (χ0n) is 8.61. The Bertz CT molecular complexity index is 313. The van der Waals surface area contributed by atoms with Gasteiger partial charge in [-0.05, 0) is 19.1 Å². The predicted molar refractivity (Wildman–Crippen MR) is 62.0 cm³/mol. The maximum Gasteiger partial charge on any atom is 0.126 e. The molecule has 0 spiro atoms. The number of hydrogen-bond donors (Lipinski definition) is 2. The van der Waals surface area contributed by atoms with Crippen molar-refractivity contribution < 1.29 is 14.9 Å². The van der Waals surface area contributed by atoms with Crippen LogP contribution in [0.25, 0.3) is 0 Å². The van der Waals surface area contributed by atoms with Crippen LogP contribution < -0.4 is 4.74 Å². The first-order chi connectivity index (χ1) is 7.15. The van der Waals surface area contributed by atoms with Crippen molar-refractivity contribution in [2.75, 3.05) is 13.2 Å². The molecule has 1 aromatic carbocycles. The largest absolute Gasteiger partial charge is 0.493 e. The Morgan fingerprint density at radius 1 is 1.47 bits per heavy atom. The summed E-state index contributed by atoms with van der Waals surface area (Å²) in [6.45, 7) is 2.26. The molecule has 0 aliphatic carbocycles. The van der Waals surface area contributed by atoms with E-state index in [4.69, 9.17) is 9.84 Å². The summed E-state index contributed by atoms with van der Waals surface area (Å²) in [4.78, 5) is 0. The van der Waals surface area contributed by atoms with E-state index in [1.165, 1.54) is 0 Å². The van der Waals surface area contributed by atoms with Crippen LogP contribution >= 0.6 is 15.9 Å². The number of ether oxygens (including phenoxy) is 1. The molecule has 3 nitrogen and oxygen atoms in total. The summed E-state index contributed by atoms with van der Waals surface area (Å²) in [6, 6.07) is 5.50. The summed E-state index contributed by atoms with van der Waals surface area (Å²) in [5, 5.41) is 18.1. The molecule has 1 aromatic rings. The Labute approximate surface area is 97.8 Å². The van der Waals surface area contributed by atoms with E-state index >= 15 is 0 Å². The van der Waals surface area contributed by atoms with Gasteiger partial charge >= 0.3 is 0 Å². The fraction of sp³-hybridized carbons (Fsp3) is 0.455. The zero-order valence-corrected chi connectivity index (χ0v) is 10.2. The summed E-state index contributed by atoms with van der Waals surface area (Å²) in [6.07, 6.45) is 0.0356. The van der Waals surface area contributed by atoms with Gasteiger partial charge in [-0.1, -0.05) is 22.0 Å². The lowest BCUT2D eigenvalue weighted by Gasteiger charge is -2.13. The minimum Gasteiger partial charge on any atom is -0.493 e. The third-order valence-corrected chi connectivity index (χ3v) is 2.48. The molecule has 0 aromatic heterocycles. The maximum absolute atomic E-state index is 9.51. The highest BCUT2D eigenvalue weighted by Gasteiger charge is 2.09. The molecule has 1 rings (SSSR count). The molecule has 15 heavy (non-hydrogen) atoms. The van der Waals surface area contributed by atoms with Gasteiger partial charge in [0.1, 0.15) is 5.75 Å². The van der Waals surface area contributed by atoms with Crippen LogP contribution in [0.1, 0.15) is 25.0 Å². The van der Waals surface area contributed by atoms with Crippen LogP contribution in [-0.2, 0) is 0 Å². The fourth-order valence-electron chi connectivity index (χ4n) is 1.23. The lowest BCUT2D eigenvalue weighted by Crippen LogP contribution is -2.03. The maximum atomic E-state index is 9.51. The molecular formula is C11H15BrO3. The molecule has 1 unspecified atom stereocenters. The number of aliphatic hydroxyl groups excluding tert-OH is 2. The smallest absolute Gasteiger partial charge is 0.126 e. The van der Waals surface area contributed by atoms with Gasteiger partial charge in [-0.3, -0.25) is 0 Å². The average molecular weight is 275 g/mol. The second kappa shape index (κ2) is 6.10. The van der Waals surface area contributed by atoms with E-state index in [9.17, 15) is 5.11 Å². The quantitative estimate of drug-likeness (QED) is 0.810. The molecular weight excluding hydrogens is 260 g/mol. The third kappa shape index (κ3) is 3.81. The van der Waals surface area contributed by atoms with E-state index in [0.29, 0.717) is 18.8 Å². The van der Waals surface area contributed by atoms with E-state index in [1.54, 1.807) is 6.92 Å². The minimum atomic E-state index is -0.553. The summed E-state index contributed by atoms with van der Waals surface area (Å²) >= 11 is 3.34. The van der Waals surface area contributed by atoms with Gasteiger partial charge in [-0.15, -0.1) is 0 Å². The lowest BCUT2D eigenvalue weighted by molar-refractivity contribution is 0.187. The highest BCUT2D eigenvalue weighted by Crippen LogP contribution is 2.28. The van der Waals surface area contributed by atoms with Gasteiger partial charge in [-0.25, -0.2) is 0 Å². The van der Waals surface area contributed by atoms with Crippen LogP contribution in [0.5, 0.6) is 5.75 Å². The van der Waals surface area contributed by atoms with E-state index in [0.717, 1.165) is 10.0 Å². The van der Waals surface area contributed by atoms with Crippen LogP contribution in [0.4, 0.5) is 0 Å². The molecule has 0 fully saturated rings. The van der Waals surface area contributed by atoms with Gasteiger partial charge in [0, 0.05) is 23.1 Å². The second-order valence-corrected chi connectivity index (χ2v) is 4.20. The first-order valence-corrected chi connectivity index (χ1v) is 5.65. The molecule has 0 aliphatic heterocycles. The first kappa shape index (κ1) is 12.5. The lowest BCUT2D eigenvalue weighted by atomic mass is 10.1. The van der Waals surface area contributed by atoms with Crippen molar-refractivity contribution in [3.8, 4) is 5.75 Å². The highest BCUT2D eigenvalue weighted by atomic mass is 79.9. The molecule has 0 amide bonds. The molecule has 0 bridgehead atoms. The number of aliphatic hydroxyl groups is 2. The van der Waals surface area contributed by atoms with Crippen molar-refractivity contribution in [3.63, 3.8) is 0 Å². The van der Waals surface area contributed by atoms with E-state index < -0.39 is 6.10 Å². The number of hydrogen-bond acceptors (Lipinski definition) is 3. The first-order valence-electron chi connectivity index (χ1n) is 4.86. The van der Waals surface area contributed by atoms with Crippen LogP contribution in [0.3, 0.4) is 0 Å². The number of halogens is 1. The van der Waals surface area contributed by atoms with Crippen molar-refractivity contribution in [1.29, 1.82) is 0 Å². The van der Waals surface area contributed by atoms with Crippen LogP contribution in [0.15, 0.2) is 22.7 Å². The Morgan fingerprint density at radius 3 is 2.80 bits per heavy atom.